The van der Waals surface area contributed by atoms with Crippen molar-refractivity contribution < 1.29 is 14.7 Å². The van der Waals surface area contributed by atoms with Gasteiger partial charge in [-0.05, 0) is 12.1 Å². The topological polar surface area (TPSA) is 54.4 Å². The van der Waals surface area contributed by atoms with Gasteiger partial charge < -0.3 is 5.11 Å². The third-order valence-electron chi connectivity index (χ3n) is 1.43. The highest BCUT2D eigenvalue weighted by atomic mass is 35.5. The van der Waals surface area contributed by atoms with E-state index >= 15 is 0 Å². The normalized spacial score (nSPS) is 9.69. The van der Waals surface area contributed by atoms with Gasteiger partial charge in [-0.15, -0.1) is 0 Å². The molecule has 5 heteroatoms. The van der Waals surface area contributed by atoms with Crippen LogP contribution in [0.1, 0.15) is 20.7 Å². The van der Waals surface area contributed by atoms with Gasteiger partial charge in [0.05, 0.1) is 10.6 Å². The van der Waals surface area contributed by atoms with Crippen LogP contribution in [0.2, 0.25) is 10.0 Å². The van der Waals surface area contributed by atoms with Crippen molar-refractivity contribution in [3.05, 3.63) is 33.3 Å². The summed E-state index contributed by atoms with van der Waals surface area (Å²) < 4.78 is 0. The summed E-state index contributed by atoms with van der Waals surface area (Å²) in [7, 11) is 0. The van der Waals surface area contributed by atoms with Crippen LogP contribution in [-0.4, -0.2) is 17.4 Å². The lowest BCUT2D eigenvalue weighted by atomic mass is 10.1. The van der Waals surface area contributed by atoms with Crippen LogP contribution in [0.3, 0.4) is 0 Å². The fourth-order valence-electron chi connectivity index (χ4n) is 0.912. The highest BCUT2D eigenvalue weighted by Crippen LogP contribution is 2.24. The van der Waals surface area contributed by atoms with Crippen molar-refractivity contribution in [3.63, 3.8) is 0 Å². The lowest BCUT2D eigenvalue weighted by Crippen LogP contribution is -2.02. The first-order valence-corrected chi connectivity index (χ1v) is 3.99. The van der Waals surface area contributed by atoms with Crippen molar-refractivity contribution in [2.75, 3.05) is 0 Å². The minimum atomic E-state index is -1.25. The van der Waals surface area contributed by atoms with Crippen LogP contribution < -0.4 is 0 Å². The summed E-state index contributed by atoms with van der Waals surface area (Å²) in [6, 6.07) is 2.53. The number of carbonyl (C=O) groups excluding carboxylic acids is 1. The summed E-state index contributed by atoms with van der Waals surface area (Å²) in [5.41, 5.74) is -0.244. The van der Waals surface area contributed by atoms with Gasteiger partial charge in [0.15, 0.2) is 6.29 Å². The molecular weight excluding hydrogens is 215 g/mol. The Balaban J connectivity index is 3.47. The molecule has 3 nitrogen and oxygen atoms in total. The summed E-state index contributed by atoms with van der Waals surface area (Å²) in [5, 5.41) is 8.88. The number of hydrogen-bond donors (Lipinski definition) is 1. The predicted octanol–water partition coefficient (Wildman–Crippen LogP) is 2.50. The largest absolute Gasteiger partial charge is 0.478 e. The molecule has 0 atom stereocenters. The Labute approximate surface area is 83.9 Å². The number of hydrogen-bond acceptors (Lipinski definition) is 2. The first-order valence-electron chi connectivity index (χ1n) is 3.23. The Kier molecular flexibility index (Phi) is 2.90. The molecule has 13 heavy (non-hydrogen) atoms. The fourth-order valence-corrected chi connectivity index (χ4v) is 1.50. The van der Waals surface area contributed by atoms with Crippen LogP contribution in [0.15, 0.2) is 12.1 Å². The smallest absolute Gasteiger partial charge is 0.337 e. The van der Waals surface area contributed by atoms with E-state index in [0.29, 0.717) is 6.29 Å². The number of carbonyl (C=O) groups is 2. The van der Waals surface area contributed by atoms with E-state index in [2.05, 4.69) is 0 Å². The molecule has 0 saturated heterocycles. The highest BCUT2D eigenvalue weighted by Gasteiger charge is 2.14. The monoisotopic (exact) mass is 218 g/mol. The van der Waals surface area contributed by atoms with E-state index in [0.717, 1.165) is 0 Å². The summed E-state index contributed by atoms with van der Waals surface area (Å²) in [6.45, 7) is 0. The maximum atomic E-state index is 10.6. The quantitative estimate of drug-likeness (QED) is 0.777. The lowest BCUT2D eigenvalue weighted by Gasteiger charge is -2.02. The van der Waals surface area contributed by atoms with Gasteiger partial charge >= 0.3 is 5.97 Å². The molecule has 0 saturated carbocycles. The number of carboxylic acid groups (broad SMARTS) is 1. The minimum Gasteiger partial charge on any atom is -0.478 e. The Morgan fingerprint density at radius 1 is 1.38 bits per heavy atom. The summed E-state index contributed by atoms with van der Waals surface area (Å²) in [5.74, 6) is -1.25. The molecule has 0 aromatic heterocycles. The molecule has 0 spiro atoms. The van der Waals surface area contributed by atoms with Crippen molar-refractivity contribution >= 4 is 35.5 Å². The Bertz CT molecular complexity index is 374. The molecule has 0 radical (unpaired) electrons. The van der Waals surface area contributed by atoms with Crippen LogP contribution in [0.4, 0.5) is 0 Å². The molecule has 0 bridgehead atoms. The van der Waals surface area contributed by atoms with Gasteiger partial charge in [-0.25, -0.2) is 4.79 Å². The van der Waals surface area contributed by atoms with E-state index in [-0.39, 0.29) is 21.2 Å². The van der Waals surface area contributed by atoms with Gasteiger partial charge in [-0.1, -0.05) is 23.2 Å². The van der Waals surface area contributed by atoms with Crippen LogP contribution in [0.5, 0.6) is 0 Å². The van der Waals surface area contributed by atoms with Gasteiger partial charge in [-0.3, -0.25) is 4.79 Å². The predicted molar refractivity (Wildman–Crippen MR) is 48.8 cm³/mol. The standard InChI is InChI=1S/C8H4Cl2O3/c9-5-1-4(3-11)7(8(12)13)6(10)2-5/h1-3H,(H,12,13). The number of rotatable bonds is 2. The maximum absolute atomic E-state index is 10.6. The van der Waals surface area contributed by atoms with Crippen molar-refractivity contribution in [3.8, 4) is 0 Å². The fraction of sp³-hybridized carbons (Fsp3) is 0. The summed E-state index contributed by atoms with van der Waals surface area (Å²) in [4.78, 5) is 21.1. The number of aromatic carboxylic acids is 1. The Hall–Kier alpha value is -1.06. The maximum Gasteiger partial charge on any atom is 0.337 e. The lowest BCUT2D eigenvalue weighted by molar-refractivity contribution is 0.0694. The SMILES string of the molecule is O=Cc1cc(Cl)cc(Cl)c1C(=O)O. The first-order chi connectivity index (χ1) is 6.06. The van der Waals surface area contributed by atoms with E-state index in [9.17, 15) is 9.59 Å². The zero-order valence-corrected chi connectivity index (χ0v) is 7.76. The van der Waals surface area contributed by atoms with Gasteiger partial charge in [0.25, 0.3) is 0 Å². The molecule has 0 amide bonds. The molecule has 1 aromatic rings. The Morgan fingerprint density at radius 3 is 2.46 bits per heavy atom. The molecule has 0 aliphatic heterocycles. The average molecular weight is 219 g/mol. The highest BCUT2D eigenvalue weighted by molar-refractivity contribution is 6.37. The summed E-state index contributed by atoms with van der Waals surface area (Å²) >= 11 is 11.2. The zero-order valence-electron chi connectivity index (χ0n) is 6.25. The molecule has 0 aliphatic rings. The van der Waals surface area contributed by atoms with Gasteiger partial charge in [-0.2, -0.15) is 0 Å². The van der Waals surface area contributed by atoms with Crippen LogP contribution in [0, 0.1) is 0 Å². The second-order valence-electron chi connectivity index (χ2n) is 2.27. The van der Waals surface area contributed by atoms with E-state index in [1.165, 1.54) is 12.1 Å². The molecule has 68 valence electrons. The molecule has 0 aliphatic carbocycles. The van der Waals surface area contributed by atoms with Crippen molar-refractivity contribution in [1.82, 2.24) is 0 Å². The average Bonchev–Trinajstić information content (AvgIpc) is 2.01. The summed E-state index contributed by atoms with van der Waals surface area (Å²) in [6.07, 6.45) is 0.404. The van der Waals surface area contributed by atoms with Crippen LogP contribution >= 0.6 is 23.2 Å². The van der Waals surface area contributed by atoms with Crippen molar-refractivity contribution in [2.24, 2.45) is 0 Å². The van der Waals surface area contributed by atoms with Gasteiger partial charge in [0.2, 0.25) is 0 Å². The van der Waals surface area contributed by atoms with E-state index in [1.807, 2.05) is 0 Å². The van der Waals surface area contributed by atoms with Crippen LogP contribution in [0.25, 0.3) is 0 Å². The third kappa shape index (κ3) is 1.99. The Morgan fingerprint density at radius 2 is 2.00 bits per heavy atom. The number of aldehydes is 1. The minimum absolute atomic E-state index is 0.0231. The molecule has 0 heterocycles. The molecular formula is C8H4Cl2O3. The zero-order chi connectivity index (χ0) is 10.0. The van der Waals surface area contributed by atoms with E-state index in [1.54, 1.807) is 0 Å². The number of halogens is 2. The van der Waals surface area contributed by atoms with Crippen molar-refractivity contribution in [1.29, 1.82) is 0 Å². The van der Waals surface area contributed by atoms with Crippen LogP contribution in [-0.2, 0) is 0 Å². The second kappa shape index (κ2) is 3.77. The second-order valence-corrected chi connectivity index (χ2v) is 3.12. The van der Waals surface area contributed by atoms with Gasteiger partial charge in [0.1, 0.15) is 0 Å². The molecule has 0 unspecified atom stereocenters. The molecule has 1 N–H and O–H groups in total. The molecule has 0 fully saturated rings. The molecule has 1 aromatic carbocycles. The molecule has 1 rings (SSSR count). The van der Waals surface area contributed by atoms with Crippen molar-refractivity contribution in [2.45, 2.75) is 0 Å². The number of carboxylic acids is 1. The first kappa shape index (κ1) is 10.0. The van der Waals surface area contributed by atoms with E-state index < -0.39 is 5.97 Å². The third-order valence-corrected chi connectivity index (χ3v) is 1.94. The number of benzene rings is 1. The van der Waals surface area contributed by atoms with Gasteiger partial charge in [0, 0.05) is 10.6 Å². The van der Waals surface area contributed by atoms with E-state index in [4.69, 9.17) is 28.3 Å².